The maximum Gasteiger partial charge on any atom is 0.337 e. The van der Waals surface area contributed by atoms with Crippen LogP contribution in [0.1, 0.15) is 10.4 Å². The smallest absolute Gasteiger partial charge is 0.337 e. The fourth-order valence-electron chi connectivity index (χ4n) is 3.36. The summed E-state index contributed by atoms with van der Waals surface area (Å²) in [5.74, 6) is -0.752. The molecule has 4 rings (SSSR count). The van der Waals surface area contributed by atoms with Gasteiger partial charge in [0.1, 0.15) is 11.4 Å². The molecule has 0 aliphatic carbocycles. The van der Waals surface area contributed by atoms with Crippen molar-refractivity contribution >= 4 is 40.8 Å². The standard InChI is InChI=1S/C21H18ClN3O6/c1-30-21(29)14-10-25(6-7-26)20(28)18(14)23-12-3-5-16-13(9-12)19(27)24-15-8-11(22)2-4-17(15)31-16/h2-5,8-9,23,26H,6-7,10H2,1H3,(H,24,27). The number of amides is 2. The van der Waals surface area contributed by atoms with E-state index in [1.807, 2.05) is 0 Å². The molecule has 0 saturated carbocycles. The maximum absolute atomic E-state index is 12.7. The number of benzene rings is 2. The number of anilines is 2. The number of fused-ring (bicyclic) bond motifs is 2. The van der Waals surface area contributed by atoms with E-state index >= 15 is 0 Å². The van der Waals surface area contributed by atoms with Crippen molar-refractivity contribution in [3.63, 3.8) is 0 Å². The second kappa shape index (κ2) is 8.29. The van der Waals surface area contributed by atoms with Crippen molar-refractivity contribution < 1.29 is 29.0 Å². The lowest BCUT2D eigenvalue weighted by molar-refractivity contribution is -0.136. The van der Waals surface area contributed by atoms with Gasteiger partial charge in [-0.05, 0) is 36.4 Å². The first-order valence-electron chi connectivity index (χ1n) is 9.32. The molecular formula is C21H18ClN3O6. The Balaban J connectivity index is 1.66. The summed E-state index contributed by atoms with van der Waals surface area (Å²) in [5, 5.41) is 15.3. The largest absolute Gasteiger partial charge is 0.466 e. The average Bonchev–Trinajstić information content (AvgIpc) is 2.97. The third-order valence-corrected chi connectivity index (χ3v) is 5.09. The molecule has 31 heavy (non-hydrogen) atoms. The van der Waals surface area contributed by atoms with Gasteiger partial charge in [-0.15, -0.1) is 0 Å². The van der Waals surface area contributed by atoms with Crippen LogP contribution in [0.3, 0.4) is 0 Å². The van der Waals surface area contributed by atoms with E-state index in [2.05, 4.69) is 10.6 Å². The highest BCUT2D eigenvalue weighted by Crippen LogP contribution is 2.38. The van der Waals surface area contributed by atoms with Crippen LogP contribution < -0.4 is 15.4 Å². The molecule has 0 spiro atoms. The Bertz CT molecular complexity index is 1130. The molecule has 2 amide bonds. The molecule has 0 atom stereocenters. The molecule has 9 nitrogen and oxygen atoms in total. The summed E-state index contributed by atoms with van der Waals surface area (Å²) in [6.07, 6.45) is 0. The molecule has 2 aliphatic heterocycles. The summed E-state index contributed by atoms with van der Waals surface area (Å²) in [5.41, 5.74) is 1.24. The number of methoxy groups -OCH3 is 1. The molecular weight excluding hydrogens is 426 g/mol. The third-order valence-electron chi connectivity index (χ3n) is 4.86. The van der Waals surface area contributed by atoms with Crippen LogP contribution in [0.2, 0.25) is 5.02 Å². The molecule has 0 radical (unpaired) electrons. The molecule has 2 heterocycles. The van der Waals surface area contributed by atoms with Crippen molar-refractivity contribution in [3.8, 4) is 11.5 Å². The van der Waals surface area contributed by atoms with Crippen molar-refractivity contribution in [2.24, 2.45) is 0 Å². The number of carbonyl (C=O) groups excluding carboxylic acids is 3. The molecule has 2 aromatic carbocycles. The van der Waals surface area contributed by atoms with E-state index in [-0.39, 0.29) is 36.5 Å². The Morgan fingerprint density at radius 1 is 1.26 bits per heavy atom. The number of β-amino-alcohol motifs (C(OH)–C–C–N with tert-alkyl or cyclic N) is 1. The van der Waals surface area contributed by atoms with E-state index in [1.54, 1.807) is 30.3 Å². The van der Waals surface area contributed by atoms with Crippen molar-refractivity contribution in [2.45, 2.75) is 0 Å². The van der Waals surface area contributed by atoms with Gasteiger partial charge >= 0.3 is 5.97 Å². The van der Waals surface area contributed by atoms with Gasteiger partial charge in [0, 0.05) is 17.3 Å². The van der Waals surface area contributed by atoms with Crippen LogP contribution in [0.25, 0.3) is 0 Å². The van der Waals surface area contributed by atoms with Gasteiger partial charge in [0.2, 0.25) is 0 Å². The molecule has 0 fully saturated rings. The first-order valence-corrected chi connectivity index (χ1v) is 9.70. The van der Waals surface area contributed by atoms with Gasteiger partial charge in [0.05, 0.1) is 37.1 Å². The highest BCUT2D eigenvalue weighted by Gasteiger charge is 2.34. The van der Waals surface area contributed by atoms with Gasteiger partial charge in [-0.25, -0.2) is 4.79 Å². The second-order valence-corrected chi connectivity index (χ2v) is 7.26. The van der Waals surface area contributed by atoms with Crippen LogP contribution in [0, 0.1) is 0 Å². The van der Waals surface area contributed by atoms with Crippen molar-refractivity contribution in [3.05, 3.63) is 58.3 Å². The predicted octanol–water partition coefficient (Wildman–Crippen LogP) is 2.37. The number of aliphatic hydroxyl groups excluding tert-OH is 1. The molecule has 0 bridgehead atoms. The van der Waals surface area contributed by atoms with Gasteiger partial charge in [-0.2, -0.15) is 0 Å². The second-order valence-electron chi connectivity index (χ2n) is 6.83. The third kappa shape index (κ3) is 3.92. The number of aliphatic hydroxyl groups is 1. The SMILES string of the molecule is COC(=O)C1=C(Nc2ccc3c(c2)C(=O)Nc2cc(Cl)ccc2O3)C(=O)N(CCO)C1. The number of nitrogens with one attached hydrogen (secondary N) is 2. The zero-order chi connectivity index (χ0) is 22.1. The minimum Gasteiger partial charge on any atom is -0.466 e. The zero-order valence-electron chi connectivity index (χ0n) is 16.4. The summed E-state index contributed by atoms with van der Waals surface area (Å²) in [6, 6.07) is 9.61. The Morgan fingerprint density at radius 2 is 2.03 bits per heavy atom. The lowest BCUT2D eigenvalue weighted by Gasteiger charge is -2.15. The van der Waals surface area contributed by atoms with E-state index in [0.717, 1.165) is 0 Å². The fraction of sp³-hybridized carbons (Fsp3) is 0.190. The summed E-state index contributed by atoms with van der Waals surface area (Å²) in [7, 11) is 1.22. The number of hydrogen-bond acceptors (Lipinski definition) is 7. The van der Waals surface area contributed by atoms with Crippen molar-refractivity contribution in [1.29, 1.82) is 0 Å². The summed E-state index contributed by atoms with van der Waals surface area (Å²) in [4.78, 5) is 38.9. The van der Waals surface area contributed by atoms with Gasteiger partial charge in [0.15, 0.2) is 5.75 Å². The van der Waals surface area contributed by atoms with Gasteiger partial charge in [-0.1, -0.05) is 11.6 Å². The topological polar surface area (TPSA) is 117 Å². The van der Waals surface area contributed by atoms with E-state index in [0.29, 0.717) is 27.9 Å². The Morgan fingerprint density at radius 3 is 2.77 bits per heavy atom. The van der Waals surface area contributed by atoms with Gasteiger partial charge < -0.3 is 30.1 Å². The van der Waals surface area contributed by atoms with Crippen LogP contribution in [0.15, 0.2) is 47.7 Å². The highest BCUT2D eigenvalue weighted by molar-refractivity contribution is 6.31. The Hall–Kier alpha value is -3.56. The normalized spacial score (nSPS) is 15.0. The number of rotatable bonds is 5. The number of nitrogens with zero attached hydrogens (tertiary/aromatic N) is 1. The Kier molecular flexibility index (Phi) is 5.53. The highest BCUT2D eigenvalue weighted by atomic mass is 35.5. The van der Waals surface area contributed by atoms with Crippen molar-refractivity contribution in [1.82, 2.24) is 4.90 Å². The van der Waals surface area contributed by atoms with Crippen LogP contribution in [-0.2, 0) is 14.3 Å². The number of esters is 1. The fourth-order valence-corrected chi connectivity index (χ4v) is 3.54. The predicted molar refractivity (Wildman–Crippen MR) is 112 cm³/mol. The first kappa shape index (κ1) is 20.7. The lowest BCUT2D eigenvalue weighted by atomic mass is 10.1. The molecule has 2 aliphatic rings. The van der Waals surface area contributed by atoms with Crippen LogP contribution >= 0.6 is 11.6 Å². The Labute approximate surface area is 182 Å². The molecule has 0 unspecified atom stereocenters. The molecule has 0 aromatic heterocycles. The molecule has 3 N–H and O–H groups in total. The zero-order valence-corrected chi connectivity index (χ0v) is 17.2. The summed E-state index contributed by atoms with van der Waals surface area (Å²) >= 11 is 6.00. The number of hydrogen-bond donors (Lipinski definition) is 3. The van der Waals surface area contributed by atoms with Crippen LogP contribution in [0.4, 0.5) is 11.4 Å². The van der Waals surface area contributed by atoms with Crippen LogP contribution in [-0.4, -0.2) is 54.6 Å². The maximum atomic E-state index is 12.7. The number of ether oxygens (including phenoxy) is 2. The molecule has 2 aromatic rings. The van der Waals surface area contributed by atoms with E-state index < -0.39 is 17.8 Å². The quantitative estimate of drug-likeness (QED) is 0.607. The molecule has 160 valence electrons. The minimum absolute atomic E-state index is 0.0129. The first-order chi connectivity index (χ1) is 14.9. The van der Waals surface area contributed by atoms with Crippen LogP contribution in [0.5, 0.6) is 11.5 Å². The van der Waals surface area contributed by atoms with Gasteiger partial charge in [0.25, 0.3) is 11.8 Å². The molecule has 0 saturated heterocycles. The monoisotopic (exact) mass is 443 g/mol. The molecule has 10 heteroatoms. The summed E-state index contributed by atoms with van der Waals surface area (Å²) in [6.45, 7) is -0.154. The number of carbonyl (C=O) groups is 3. The van der Waals surface area contributed by atoms with E-state index in [1.165, 1.54) is 18.1 Å². The lowest BCUT2D eigenvalue weighted by Crippen LogP contribution is -2.31. The average molecular weight is 444 g/mol. The van der Waals surface area contributed by atoms with E-state index in [4.69, 9.17) is 26.2 Å². The number of halogens is 1. The summed E-state index contributed by atoms with van der Waals surface area (Å²) < 4.78 is 10.6. The van der Waals surface area contributed by atoms with Crippen molar-refractivity contribution in [2.75, 3.05) is 37.4 Å². The van der Waals surface area contributed by atoms with E-state index in [9.17, 15) is 14.4 Å². The van der Waals surface area contributed by atoms with Gasteiger partial charge in [-0.3, -0.25) is 9.59 Å². The minimum atomic E-state index is -0.653.